The smallest absolute Gasteiger partial charge is 0.312 e. The predicted octanol–water partition coefficient (Wildman–Crippen LogP) is 4.16. The molecule has 0 aliphatic carbocycles. The molecule has 0 spiro atoms. The number of carbonyl (C=O) groups excluding carboxylic acids is 7. The first-order valence-electron chi connectivity index (χ1n) is 17.3. The van der Waals surface area contributed by atoms with Crippen LogP contribution in [-0.4, -0.2) is 72.1 Å². The van der Waals surface area contributed by atoms with E-state index in [0.29, 0.717) is 37.9 Å². The van der Waals surface area contributed by atoms with E-state index in [-0.39, 0.29) is 62.6 Å². The zero-order valence-electron chi connectivity index (χ0n) is 30.7. The molecule has 1 saturated heterocycles. The number of likely N-dealkylation sites (tertiary alicyclic amines) is 1. The molecule has 1 aromatic carbocycles. The summed E-state index contributed by atoms with van der Waals surface area (Å²) in [6.07, 6.45) is 3.95. The number of benzene rings is 1. The van der Waals surface area contributed by atoms with Crippen molar-refractivity contribution in [2.24, 2.45) is 11.7 Å². The van der Waals surface area contributed by atoms with Crippen molar-refractivity contribution in [1.82, 2.24) is 20.9 Å². The normalized spacial score (nSPS) is 13.6. The van der Waals surface area contributed by atoms with E-state index in [1.165, 1.54) is 18.2 Å². The SMILES string of the molecule is CC.CC.CC(=O)OCc1ccc(NC(=O)C(CCCNC(N)=O)NC(=O)CNC(=O)CCCCCN2C(=O)CC(C)C2=O)cc1.CCC. The van der Waals surface area contributed by atoms with Crippen LogP contribution < -0.4 is 27.0 Å². The van der Waals surface area contributed by atoms with Crippen LogP contribution in [0.25, 0.3) is 0 Å². The lowest BCUT2D eigenvalue weighted by Gasteiger charge is -2.19. The Morgan fingerprint density at radius 3 is 2.06 bits per heavy atom. The van der Waals surface area contributed by atoms with Gasteiger partial charge in [-0.25, -0.2) is 4.79 Å². The van der Waals surface area contributed by atoms with Gasteiger partial charge in [-0.2, -0.15) is 0 Å². The average Bonchev–Trinajstić information content (AvgIpc) is 3.32. The third kappa shape index (κ3) is 21.9. The molecule has 0 saturated carbocycles. The van der Waals surface area contributed by atoms with Gasteiger partial charge in [0.2, 0.25) is 29.5 Å². The molecule has 1 aromatic rings. The quantitative estimate of drug-likeness (QED) is 0.0908. The molecule has 2 atom stereocenters. The monoisotopic (exact) mass is 692 g/mol. The standard InChI is InChI=1S/C28H40N6O8.C3H8.2C2H6/c1-18-15-25(38)34(27(18)40)14-5-3-4-8-23(36)31-16-24(37)33-22(7-6-13-30-28(29)41)26(39)32-21-11-9-20(10-12-21)17-42-19(2)35;1-3-2;2*1-2/h9-12,18,22H,3-8,13-17H2,1-2H3,(H,31,36)(H,32,39)(H,33,37)(H3,29,30,41);3H2,1-2H3;2*1-2H3. The number of nitrogens with zero attached hydrogens (tertiary/aromatic N) is 1. The van der Waals surface area contributed by atoms with Crippen LogP contribution in [-0.2, 0) is 40.1 Å². The molecular formula is C35H60N6O8. The van der Waals surface area contributed by atoms with Gasteiger partial charge in [0.25, 0.3) is 0 Å². The Labute approximate surface area is 292 Å². The summed E-state index contributed by atoms with van der Waals surface area (Å²) in [5.74, 6) is -2.41. The summed E-state index contributed by atoms with van der Waals surface area (Å²) in [4.78, 5) is 84.6. The Morgan fingerprint density at radius 1 is 0.918 bits per heavy atom. The van der Waals surface area contributed by atoms with Crippen LogP contribution in [0.4, 0.5) is 10.5 Å². The van der Waals surface area contributed by atoms with Gasteiger partial charge in [0, 0.05) is 44.5 Å². The molecule has 1 aliphatic heterocycles. The molecule has 14 nitrogen and oxygen atoms in total. The number of anilines is 1. The van der Waals surface area contributed by atoms with E-state index in [1.54, 1.807) is 31.2 Å². The van der Waals surface area contributed by atoms with Crippen molar-refractivity contribution in [1.29, 1.82) is 0 Å². The van der Waals surface area contributed by atoms with E-state index in [2.05, 4.69) is 35.1 Å². The summed E-state index contributed by atoms with van der Waals surface area (Å²) in [7, 11) is 0. The highest BCUT2D eigenvalue weighted by atomic mass is 16.5. The summed E-state index contributed by atoms with van der Waals surface area (Å²) >= 11 is 0. The largest absolute Gasteiger partial charge is 0.461 e. The number of ether oxygens (including phenoxy) is 1. The fourth-order valence-corrected chi connectivity index (χ4v) is 4.21. The Bertz CT molecular complexity index is 1160. The lowest BCUT2D eigenvalue weighted by Crippen LogP contribution is -2.47. The Kier molecular flexibility index (Phi) is 27.1. The third-order valence-corrected chi connectivity index (χ3v) is 6.49. The Hall–Kier alpha value is -4.49. The lowest BCUT2D eigenvalue weighted by molar-refractivity contribution is -0.142. The number of hydrogen-bond donors (Lipinski definition) is 5. The van der Waals surface area contributed by atoms with Gasteiger partial charge < -0.3 is 31.7 Å². The van der Waals surface area contributed by atoms with Gasteiger partial charge in [0.05, 0.1) is 6.54 Å². The highest BCUT2D eigenvalue weighted by molar-refractivity contribution is 6.03. The van der Waals surface area contributed by atoms with Gasteiger partial charge >= 0.3 is 12.0 Å². The molecule has 0 bridgehead atoms. The summed E-state index contributed by atoms with van der Waals surface area (Å²) < 4.78 is 4.94. The molecule has 1 aliphatic rings. The van der Waals surface area contributed by atoms with E-state index in [0.717, 1.165) is 5.56 Å². The van der Waals surface area contributed by atoms with Crippen molar-refractivity contribution in [2.45, 2.75) is 119 Å². The van der Waals surface area contributed by atoms with Crippen LogP contribution in [0.2, 0.25) is 0 Å². The van der Waals surface area contributed by atoms with E-state index < -0.39 is 29.9 Å². The van der Waals surface area contributed by atoms with Crippen LogP contribution in [0.15, 0.2) is 24.3 Å². The molecule has 6 N–H and O–H groups in total. The maximum Gasteiger partial charge on any atom is 0.312 e. The van der Waals surface area contributed by atoms with Gasteiger partial charge in [0.1, 0.15) is 12.6 Å². The lowest BCUT2D eigenvalue weighted by atomic mass is 10.1. The molecule has 49 heavy (non-hydrogen) atoms. The highest BCUT2D eigenvalue weighted by Crippen LogP contribution is 2.19. The fraction of sp³-hybridized carbons (Fsp3) is 0.629. The summed E-state index contributed by atoms with van der Waals surface area (Å²) in [5, 5.41) is 10.3. The number of rotatable bonds is 17. The molecule has 14 heteroatoms. The number of carbonyl (C=O) groups is 7. The molecule has 2 rings (SSSR count). The van der Waals surface area contributed by atoms with Gasteiger partial charge in [0.15, 0.2) is 0 Å². The fourth-order valence-electron chi connectivity index (χ4n) is 4.21. The molecule has 2 unspecified atom stereocenters. The number of urea groups is 1. The molecule has 1 heterocycles. The van der Waals surface area contributed by atoms with Crippen molar-refractivity contribution in [2.75, 3.05) is 25.0 Å². The number of hydrogen-bond acceptors (Lipinski definition) is 8. The second-order valence-corrected chi connectivity index (χ2v) is 10.8. The van der Waals surface area contributed by atoms with Crippen LogP contribution in [0.1, 0.15) is 112 Å². The van der Waals surface area contributed by atoms with Crippen molar-refractivity contribution >= 4 is 47.2 Å². The maximum absolute atomic E-state index is 12.9. The molecule has 7 amide bonds. The first-order valence-corrected chi connectivity index (χ1v) is 17.3. The molecule has 1 fully saturated rings. The number of amides is 7. The van der Waals surface area contributed by atoms with Crippen LogP contribution in [0, 0.1) is 5.92 Å². The second kappa shape index (κ2) is 28.5. The van der Waals surface area contributed by atoms with Crippen molar-refractivity contribution < 1.29 is 38.3 Å². The first-order chi connectivity index (χ1) is 23.4. The summed E-state index contributed by atoms with van der Waals surface area (Å²) in [6, 6.07) is 4.97. The molecule has 0 radical (unpaired) electrons. The minimum Gasteiger partial charge on any atom is -0.461 e. The van der Waals surface area contributed by atoms with Crippen LogP contribution >= 0.6 is 0 Å². The Balaban J connectivity index is 0. The number of primary amides is 1. The van der Waals surface area contributed by atoms with E-state index in [4.69, 9.17) is 10.5 Å². The number of unbranched alkanes of at least 4 members (excludes halogenated alkanes) is 2. The zero-order valence-corrected chi connectivity index (χ0v) is 30.7. The van der Waals surface area contributed by atoms with E-state index in [9.17, 15) is 33.6 Å². The van der Waals surface area contributed by atoms with Crippen molar-refractivity contribution in [3.8, 4) is 0 Å². The number of nitrogens with two attached hydrogens (primary N) is 1. The summed E-state index contributed by atoms with van der Waals surface area (Å²) in [6.45, 7) is 15.6. The minimum atomic E-state index is -0.955. The maximum atomic E-state index is 12.9. The third-order valence-electron chi connectivity index (χ3n) is 6.49. The highest BCUT2D eigenvalue weighted by Gasteiger charge is 2.34. The van der Waals surface area contributed by atoms with Gasteiger partial charge in [-0.05, 0) is 43.4 Å². The van der Waals surface area contributed by atoms with E-state index in [1.807, 2.05) is 27.7 Å². The number of esters is 1. The number of imide groups is 1. The van der Waals surface area contributed by atoms with Crippen LogP contribution in [0.5, 0.6) is 0 Å². The minimum absolute atomic E-state index is 0.0980. The van der Waals surface area contributed by atoms with Gasteiger partial charge in [-0.15, -0.1) is 0 Å². The van der Waals surface area contributed by atoms with E-state index >= 15 is 0 Å². The predicted molar refractivity (Wildman–Crippen MR) is 190 cm³/mol. The Morgan fingerprint density at radius 2 is 1.53 bits per heavy atom. The van der Waals surface area contributed by atoms with Gasteiger partial charge in [-0.3, -0.25) is 33.7 Å². The molecule has 0 aromatic heterocycles. The summed E-state index contributed by atoms with van der Waals surface area (Å²) in [5.41, 5.74) is 6.26. The van der Waals surface area contributed by atoms with Gasteiger partial charge in [-0.1, -0.05) is 73.4 Å². The number of nitrogens with one attached hydrogen (secondary N) is 4. The average molecular weight is 693 g/mol. The van der Waals surface area contributed by atoms with Crippen molar-refractivity contribution in [3.63, 3.8) is 0 Å². The second-order valence-electron chi connectivity index (χ2n) is 10.8. The topological polar surface area (TPSA) is 206 Å². The molecule has 278 valence electrons. The first kappa shape index (κ1) is 46.6. The van der Waals surface area contributed by atoms with Crippen LogP contribution in [0.3, 0.4) is 0 Å². The molecular weight excluding hydrogens is 632 g/mol. The van der Waals surface area contributed by atoms with Crippen molar-refractivity contribution in [3.05, 3.63) is 29.8 Å². The zero-order chi connectivity index (χ0) is 37.8.